The Kier molecular flexibility index (Phi) is 10.3. The standard InChI is InChI=1S/C22H35NO2.2H2O.H2/c1-2-16-3-9-20(10-4-16)22(24)25-21-13-11-19(12-14-21)18-7-5-17(15-23)6-8-18;;;/h16-21H,2-14H2,1H3;2*1H2;1H. The van der Waals surface area contributed by atoms with Crippen molar-refractivity contribution < 1.29 is 21.9 Å². The summed E-state index contributed by atoms with van der Waals surface area (Å²) in [7, 11) is 0. The fourth-order valence-electron chi connectivity index (χ4n) is 5.46. The van der Waals surface area contributed by atoms with E-state index < -0.39 is 0 Å². The number of carbonyl (C=O) groups is 1. The minimum atomic E-state index is 0. The molecule has 0 amide bonds. The van der Waals surface area contributed by atoms with E-state index >= 15 is 0 Å². The van der Waals surface area contributed by atoms with Gasteiger partial charge in [0.2, 0.25) is 0 Å². The maximum atomic E-state index is 12.5. The zero-order chi connectivity index (χ0) is 17.6. The second-order valence-electron chi connectivity index (χ2n) is 8.84. The lowest BCUT2D eigenvalue weighted by Crippen LogP contribution is -2.32. The van der Waals surface area contributed by atoms with E-state index in [4.69, 9.17) is 10.00 Å². The van der Waals surface area contributed by atoms with Crippen LogP contribution >= 0.6 is 0 Å². The van der Waals surface area contributed by atoms with Crippen LogP contribution in [0.15, 0.2) is 0 Å². The lowest BCUT2D eigenvalue weighted by molar-refractivity contribution is -0.157. The fraction of sp³-hybridized carbons (Fsp3) is 0.909. The van der Waals surface area contributed by atoms with Crippen molar-refractivity contribution in [3.05, 3.63) is 0 Å². The number of esters is 1. The molecule has 3 fully saturated rings. The molecule has 0 aliphatic heterocycles. The first-order chi connectivity index (χ1) is 12.2. The minimum Gasteiger partial charge on any atom is -0.462 e. The zero-order valence-corrected chi connectivity index (χ0v) is 16.9. The van der Waals surface area contributed by atoms with E-state index in [9.17, 15) is 4.79 Å². The highest BCUT2D eigenvalue weighted by molar-refractivity contribution is 5.72. The van der Waals surface area contributed by atoms with Crippen LogP contribution in [0.4, 0.5) is 0 Å². The number of nitrogens with zero attached hydrogens (tertiary/aromatic N) is 1. The lowest BCUT2D eigenvalue weighted by atomic mass is 9.71. The molecule has 0 saturated heterocycles. The average molecular weight is 384 g/mol. The highest BCUT2D eigenvalue weighted by Gasteiger charge is 2.33. The van der Waals surface area contributed by atoms with Gasteiger partial charge in [0.1, 0.15) is 6.10 Å². The Bertz CT molecular complexity index is 471. The van der Waals surface area contributed by atoms with E-state index in [1.807, 2.05) is 0 Å². The smallest absolute Gasteiger partial charge is 0.309 e. The molecular weight excluding hydrogens is 342 g/mol. The Morgan fingerprint density at radius 1 is 0.889 bits per heavy atom. The summed E-state index contributed by atoms with van der Waals surface area (Å²) in [5.41, 5.74) is 0. The molecule has 27 heavy (non-hydrogen) atoms. The Morgan fingerprint density at radius 3 is 1.89 bits per heavy atom. The summed E-state index contributed by atoms with van der Waals surface area (Å²) in [6.07, 6.45) is 15.1. The minimum absolute atomic E-state index is 0. The van der Waals surface area contributed by atoms with Gasteiger partial charge in [0.15, 0.2) is 0 Å². The second-order valence-corrected chi connectivity index (χ2v) is 8.84. The van der Waals surface area contributed by atoms with Gasteiger partial charge in [-0.3, -0.25) is 4.79 Å². The van der Waals surface area contributed by atoms with Crippen LogP contribution in [0, 0.1) is 40.9 Å². The molecule has 0 spiro atoms. The molecule has 4 N–H and O–H groups in total. The third kappa shape index (κ3) is 6.47. The van der Waals surface area contributed by atoms with E-state index in [-0.39, 0.29) is 30.4 Å². The van der Waals surface area contributed by atoms with E-state index in [1.165, 1.54) is 44.9 Å². The van der Waals surface area contributed by atoms with Crippen molar-refractivity contribution in [3.63, 3.8) is 0 Å². The number of ether oxygens (including phenoxy) is 1. The Hall–Kier alpha value is -1.12. The van der Waals surface area contributed by atoms with Crippen LogP contribution in [0.2, 0.25) is 0 Å². The van der Waals surface area contributed by atoms with Gasteiger partial charge in [-0.05, 0) is 94.8 Å². The van der Waals surface area contributed by atoms with Gasteiger partial charge in [0.25, 0.3) is 0 Å². The van der Waals surface area contributed by atoms with Crippen LogP contribution in [0.5, 0.6) is 0 Å². The van der Waals surface area contributed by atoms with E-state index in [0.29, 0.717) is 5.92 Å². The molecule has 0 heterocycles. The van der Waals surface area contributed by atoms with E-state index in [1.54, 1.807) is 0 Å². The maximum absolute atomic E-state index is 12.5. The molecule has 3 aliphatic carbocycles. The van der Waals surface area contributed by atoms with Gasteiger partial charge >= 0.3 is 5.97 Å². The molecule has 0 aromatic rings. The first-order valence-corrected chi connectivity index (χ1v) is 10.8. The van der Waals surface area contributed by atoms with Gasteiger partial charge in [-0.2, -0.15) is 5.26 Å². The molecule has 0 bridgehead atoms. The Balaban J connectivity index is 0.00000243. The first kappa shape index (κ1) is 23.9. The SMILES string of the molecule is CCC1CCC(C(=O)OC2CCC(C3CCC(C#N)CC3)CC2)CC1.O.O.[HH]. The predicted octanol–water partition coefficient (Wildman–Crippen LogP) is 4.23. The molecule has 158 valence electrons. The number of rotatable bonds is 4. The van der Waals surface area contributed by atoms with Gasteiger partial charge in [0, 0.05) is 7.34 Å². The van der Waals surface area contributed by atoms with Crippen molar-refractivity contribution >= 4 is 5.97 Å². The van der Waals surface area contributed by atoms with Crippen LogP contribution in [0.3, 0.4) is 0 Å². The first-order valence-electron chi connectivity index (χ1n) is 10.8. The van der Waals surface area contributed by atoms with E-state index in [0.717, 1.165) is 56.3 Å². The van der Waals surface area contributed by atoms with Gasteiger partial charge in [-0.25, -0.2) is 0 Å². The van der Waals surface area contributed by atoms with Crippen molar-refractivity contribution in [3.8, 4) is 6.07 Å². The third-order valence-corrected chi connectivity index (χ3v) is 7.38. The summed E-state index contributed by atoms with van der Waals surface area (Å²) >= 11 is 0. The van der Waals surface area contributed by atoms with Crippen LogP contribution in [-0.2, 0) is 9.53 Å². The molecule has 3 aliphatic rings. The topological polar surface area (TPSA) is 113 Å². The van der Waals surface area contributed by atoms with Crippen molar-refractivity contribution in [2.75, 3.05) is 0 Å². The van der Waals surface area contributed by atoms with Gasteiger partial charge in [-0.15, -0.1) is 0 Å². The molecular formula is C22H41NO4. The van der Waals surface area contributed by atoms with Crippen molar-refractivity contribution in [1.82, 2.24) is 0 Å². The molecule has 3 rings (SSSR count). The maximum Gasteiger partial charge on any atom is 0.309 e. The third-order valence-electron chi connectivity index (χ3n) is 7.38. The number of hydrogen-bond acceptors (Lipinski definition) is 3. The monoisotopic (exact) mass is 383 g/mol. The summed E-state index contributed by atoms with van der Waals surface area (Å²) < 4.78 is 5.89. The largest absolute Gasteiger partial charge is 0.462 e. The summed E-state index contributed by atoms with van der Waals surface area (Å²) in [5.74, 6) is 3.00. The van der Waals surface area contributed by atoms with Crippen LogP contribution in [0.1, 0.15) is 91.8 Å². The summed E-state index contributed by atoms with van der Waals surface area (Å²) in [6, 6.07) is 2.44. The molecule has 0 aromatic carbocycles. The number of hydrogen-bond donors (Lipinski definition) is 0. The predicted molar refractivity (Wildman–Crippen MR) is 108 cm³/mol. The fourth-order valence-corrected chi connectivity index (χ4v) is 5.46. The molecule has 0 atom stereocenters. The van der Waals surface area contributed by atoms with Crippen molar-refractivity contribution in [2.24, 2.45) is 29.6 Å². The number of nitriles is 1. The van der Waals surface area contributed by atoms with Crippen molar-refractivity contribution in [2.45, 2.75) is 96.5 Å². The molecule has 0 aromatic heterocycles. The second kappa shape index (κ2) is 11.7. The molecule has 5 heteroatoms. The molecule has 0 unspecified atom stereocenters. The Labute approximate surface area is 165 Å². The van der Waals surface area contributed by atoms with Crippen LogP contribution in [-0.4, -0.2) is 23.0 Å². The summed E-state index contributed by atoms with van der Waals surface area (Å²) in [5, 5.41) is 9.04. The molecule has 5 nitrogen and oxygen atoms in total. The highest BCUT2D eigenvalue weighted by atomic mass is 16.5. The van der Waals surface area contributed by atoms with Crippen LogP contribution < -0.4 is 0 Å². The van der Waals surface area contributed by atoms with Gasteiger partial charge in [-0.1, -0.05) is 13.3 Å². The van der Waals surface area contributed by atoms with Crippen molar-refractivity contribution in [1.29, 1.82) is 5.26 Å². The normalized spacial score (nSPS) is 36.4. The summed E-state index contributed by atoms with van der Waals surface area (Å²) in [4.78, 5) is 12.5. The van der Waals surface area contributed by atoms with Crippen LogP contribution in [0.25, 0.3) is 0 Å². The van der Waals surface area contributed by atoms with E-state index in [2.05, 4.69) is 13.0 Å². The quantitative estimate of drug-likeness (QED) is 0.677. The molecule has 3 saturated carbocycles. The lowest BCUT2D eigenvalue weighted by Gasteiger charge is -2.37. The molecule has 0 radical (unpaired) electrons. The van der Waals surface area contributed by atoms with Gasteiger partial charge in [0.05, 0.1) is 12.0 Å². The summed E-state index contributed by atoms with van der Waals surface area (Å²) in [6.45, 7) is 2.26. The highest BCUT2D eigenvalue weighted by Crippen LogP contribution is 2.40. The Morgan fingerprint density at radius 2 is 1.41 bits per heavy atom. The number of carbonyl (C=O) groups excluding carboxylic acids is 1. The average Bonchev–Trinajstić information content (AvgIpc) is 2.68. The van der Waals surface area contributed by atoms with Gasteiger partial charge < -0.3 is 15.7 Å². The zero-order valence-electron chi connectivity index (χ0n) is 16.9.